The Bertz CT molecular complexity index is 710. The van der Waals surface area contributed by atoms with E-state index >= 15 is 0 Å². The van der Waals surface area contributed by atoms with Gasteiger partial charge in [-0.05, 0) is 30.3 Å². The van der Waals surface area contributed by atoms with Gasteiger partial charge < -0.3 is 19.9 Å². The largest absolute Gasteiger partial charge is 0.493 e. The lowest BCUT2D eigenvalue weighted by molar-refractivity contribution is 0.211. The number of benzene rings is 2. The van der Waals surface area contributed by atoms with Crippen LogP contribution < -0.4 is 19.9 Å². The number of methoxy groups -OCH3 is 1. The fourth-order valence-corrected chi connectivity index (χ4v) is 2.29. The van der Waals surface area contributed by atoms with Crippen molar-refractivity contribution in [1.82, 2.24) is 0 Å². The molecular weight excluding hydrogens is 357 g/mol. The zero-order valence-corrected chi connectivity index (χ0v) is 14.7. The first-order valence-corrected chi connectivity index (χ1v) is 7.86. The van der Waals surface area contributed by atoms with Gasteiger partial charge in [-0.15, -0.1) is 0 Å². The van der Waals surface area contributed by atoms with E-state index in [0.29, 0.717) is 51.1 Å². The van der Waals surface area contributed by atoms with E-state index in [0.717, 1.165) is 0 Å². The van der Waals surface area contributed by atoms with Crippen LogP contribution in [0.4, 0.5) is 0 Å². The Balaban J connectivity index is 1.93. The Labute approximate surface area is 150 Å². The van der Waals surface area contributed by atoms with Crippen LogP contribution in [0, 0.1) is 0 Å². The van der Waals surface area contributed by atoms with E-state index in [1.807, 2.05) is 0 Å². The van der Waals surface area contributed by atoms with Crippen LogP contribution >= 0.6 is 35.4 Å². The number of hydrogen-bond acceptors (Lipinski definition) is 4. The molecule has 0 bridgehead atoms. The molecule has 2 aromatic carbocycles. The molecule has 0 unspecified atom stereocenters. The van der Waals surface area contributed by atoms with Crippen molar-refractivity contribution in [2.75, 3.05) is 20.3 Å². The molecule has 0 amide bonds. The van der Waals surface area contributed by atoms with E-state index in [2.05, 4.69) is 0 Å². The lowest BCUT2D eigenvalue weighted by atomic mass is 10.2. The summed E-state index contributed by atoms with van der Waals surface area (Å²) in [4.78, 5) is 0.300. The topological polar surface area (TPSA) is 53.7 Å². The summed E-state index contributed by atoms with van der Waals surface area (Å²) in [6, 6.07) is 10.3. The molecule has 2 aromatic rings. The number of halogens is 2. The summed E-state index contributed by atoms with van der Waals surface area (Å²) < 4.78 is 16.5. The van der Waals surface area contributed by atoms with Crippen LogP contribution in [0.25, 0.3) is 0 Å². The fraction of sp³-hybridized carbons (Fsp3) is 0.188. The van der Waals surface area contributed by atoms with E-state index in [-0.39, 0.29) is 0 Å². The van der Waals surface area contributed by atoms with Gasteiger partial charge in [-0.25, -0.2) is 0 Å². The van der Waals surface area contributed by atoms with E-state index < -0.39 is 0 Å². The molecule has 0 aliphatic rings. The van der Waals surface area contributed by atoms with Gasteiger partial charge in [-0.2, -0.15) is 0 Å². The molecule has 0 spiro atoms. The molecule has 2 N–H and O–H groups in total. The van der Waals surface area contributed by atoms with Crippen LogP contribution in [0.15, 0.2) is 36.4 Å². The van der Waals surface area contributed by atoms with Crippen molar-refractivity contribution in [3.8, 4) is 17.2 Å². The van der Waals surface area contributed by atoms with Crippen molar-refractivity contribution in [2.45, 2.75) is 0 Å². The fourth-order valence-electron chi connectivity index (χ4n) is 1.83. The zero-order valence-electron chi connectivity index (χ0n) is 12.3. The summed E-state index contributed by atoms with van der Waals surface area (Å²) >= 11 is 16.9. The molecule has 0 radical (unpaired) electrons. The molecule has 0 saturated carbocycles. The summed E-state index contributed by atoms with van der Waals surface area (Å²) in [6.07, 6.45) is 0. The van der Waals surface area contributed by atoms with E-state index in [1.54, 1.807) is 43.5 Å². The van der Waals surface area contributed by atoms with Crippen molar-refractivity contribution in [3.63, 3.8) is 0 Å². The van der Waals surface area contributed by atoms with E-state index in [1.165, 1.54) is 0 Å². The Morgan fingerprint density at radius 3 is 2.35 bits per heavy atom. The Kier molecular flexibility index (Phi) is 6.33. The van der Waals surface area contributed by atoms with Crippen LogP contribution in [0.5, 0.6) is 17.2 Å². The molecule has 23 heavy (non-hydrogen) atoms. The minimum atomic E-state index is 0.300. The zero-order chi connectivity index (χ0) is 16.8. The first-order chi connectivity index (χ1) is 11.0. The molecule has 122 valence electrons. The highest BCUT2D eigenvalue weighted by atomic mass is 35.5. The molecule has 0 heterocycles. The molecule has 0 saturated heterocycles. The van der Waals surface area contributed by atoms with Crippen LogP contribution in [0.2, 0.25) is 10.0 Å². The molecular formula is C16H15Cl2NO3S. The number of hydrogen-bond donors (Lipinski definition) is 1. The van der Waals surface area contributed by atoms with Crippen molar-refractivity contribution in [3.05, 3.63) is 52.0 Å². The van der Waals surface area contributed by atoms with Crippen molar-refractivity contribution < 1.29 is 14.2 Å². The van der Waals surface area contributed by atoms with E-state index in [4.69, 9.17) is 55.4 Å². The number of thiocarbonyl (C=S) groups is 1. The molecule has 4 nitrogen and oxygen atoms in total. The predicted molar refractivity (Wildman–Crippen MR) is 96.3 cm³/mol. The minimum absolute atomic E-state index is 0.300. The maximum absolute atomic E-state index is 6.02. The molecule has 2 rings (SSSR count). The lowest BCUT2D eigenvalue weighted by Crippen LogP contribution is -2.11. The first-order valence-electron chi connectivity index (χ1n) is 6.69. The molecule has 0 aliphatic heterocycles. The van der Waals surface area contributed by atoms with E-state index in [9.17, 15) is 0 Å². The van der Waals surface area contributed by atoms with Gasteiger partial charge in [0.25, 0.3) is 0 Å². The molecule has 7 heteroatoms. The standard InChI is InChI=1S/C16H15Cl2NO3S/c1-20-15-8-10(16(19)23)2-5-13(15)21-6-7-22-14-9-11(17)3-4-12(14)18/h2-5,8-9H,6-7H2,1H3,(H2,19,23). The number of ether oxygens (including phenoxy) is 3. The summed E-state index contributed by atoms with van der Waals surface area (Å²) in [5.74, 6) is 1.64. The summed E-state index contributed by atoms with van der Waals surface area (Å²) in [7, 11) is 1.55. The van der Waals surface area contributed by atoms with Gasteiger partial charge >= 0.3 is 0 Å². The van der Waals surface area contributed by atoms with Gasteiger partial charge in [0.15, 0.2) is 11.5 Å². The van der Waals surface area contributed by atoms with Gasteiger partial charge in [-0.1, -0.05) is 35.4 Å². The highest BCUT2D eigenvalue weighted by Crippen LogP contribution is 2.29. The first kappa shape index (κ1) is 17.7. The third-order valence-electron chi connectivity index (χ3n) is 2.94. The van der Waals surface area contributed by atoms with Crippen LogP contribution in [0.3, 0.4) is 0 Å². The average molecular weight is 372 g/mol. The van der Waals surface area contributed by atoms with Gasteiger partial charge in [-0.3, -0.25) is 0 Å². The quantitative estimate of drug-likeness (QED) is 0.586. The van der Waals surface area contributed by atoms with Gasteiger partial charge in [0.1, 0.15) is 24.0 Å². The Morgan fingerprint density at radius 2 is 1.70 bits per heavy atom. The summed E-state index contributed by atoms with van der Waals surface area (Å²) in [5, 5.41) is 1.05. The van der Waals surface area contributed by atoms with Crippen LogP contribution in [-0.2, 0) is 0 Å². The number of rotatable bonds is 7. The third-order valence-corrected chi connectivity index (χ3v) is 3.72. The lowest BCUT2D eigenvalue weighted by Gasteiger charge is -2.13. The van der Waals surface area contributed by atoms with Crippen molar-refractivity contribution in [1.29, 1.82) is 0 Å². The monoisotopic (exact) mass is 371 g/mol. The minimum Gasteiger partial charge on any atom is -0.493 e. The normalized spacial score (nSPS) is 10.2. The molecule has 0 aliphatic carbocycles. The summed E-state index contributed by atoms with van der Waals surface area (Å²) in [6.45, 7) is 0.617. The maximum atomic E-state index is 6.02. The number of nitrogens with two attached hydrogens (primary N) is 1. The third kappa shape index (κ3) is 4.89. The molecule has 0 fully saturated rings. The molecule has 0 atom stereocenters. The SMILES string of the molecule is COc1cc(C(N)=S)ccc1OCCOc1cc(Cl)ccc1Cl. The second-order valence-corrected chi connectivity index (χ2v) is 5.79. The second-order valence-electron chi connectivity index (χ2n) is 4.50. The maximum Gasteiger partial charge on any atom is 0.161 e. The second kappa shape index (κ2) is 8.24. The Morgan fingerprint density at radius 1 is 1.00 bits per heavy atom. The van der Waals surface area contributed by atoms with Gasteiger partial charge in [0, 0.05) is 16.7 Å². The van der Waals surface area contributed by atoms with Crippen LogP contribution in [0.1, 0.15) is 5.56 Å². The summed E-state index contributed by atoms with van der Waals surface area (Å²) in [5.41, 5.74) is 6.31. The average Bonchev–Trinajstić information content (AvgIpc) is 2.54. The van der Waals surface area contributed by atoms with Crippen molar-refractivity contribution >= 4 is 40.4 Å². The Hall–Kier alpha value is -1.69. The van der Waals surface area contributed by atoms with Gasteiger partial charge in [0.05, 0.1) is 12.1 Å². The van der Waals surface area contributed by atoms with Crippen molar-refractivity contribution in [2.24, 2.45) is 5.73 Å². The molecule has 0 aromatic heterocycles. The highest BCUT2D eigenvalue weighted by molar-refractivity contribution is 7.80. The predicted octanol–water partition coefficient (Wildman–Crippen LogP) is 4.09. The smallest absolute Gasteiger partial charge is 0.161 e. The highest BCUT2D eigenvalue weighted by Gasteiger charge is 2.08. The van der Waals surface area contributed by atoms with Crippen LogP contribution in [-0.4, -0.2) is 25.3 Å². The van der Waals surface area contributed by atoms with Gasteiger partial charge in [0.2, 0.25) is 0 Å².